The number of sulfonamides is 1. The van der Waals surface area contributed by atoms with Crippen LogP contribution in [0.5, 0.6) is 0 Å². The largest absolute Gasteiger partial charge is 0.352 e. The van der Waals surface area contributed by atoms with E-state index in [0.717, 1.165) is 9.87 Å². The summed E-state index contributed by atoms with van der Waals surface area (Å²) >= 11 is 19.1. The fourth-order valence-corrected chi connectivity index (χ4v) is 6.26. The Balaban J connectivity index is 2.11. The first-order valence-corrected chi connectivity index (χ1v) is 15.3. The Hall–Kier alpha value is -2.78. The Morgan fingerprint density at radius 1 is 0.925 bits per heavy atom. The summed E-state index contributed by atoms with van der Waals surface area (Å²) in [5, 5.41) is 3.80. The lowest BCUT2D eigenvalue weighted by atomic mass is 10.1. The summed E-state index contributed by atoms with van der Waals surface area (Å²) in [5.74, 6) is -0.984. The van der Waals surface area contributed by atoms with Crippen molar-refractivity contribution in [1.29, 1.82) is 0 Å². The van der Waals surface area contributed by atoms with E-state index in [0.29, 0.717) is 20.6 Å². The number of halogens is 3. The van der Waals surface area contributed by atoms with E-state index in [9.17, 15) is 18.0 Å². The van der Waals surface area contributed by atoms with Gasteiger partial charge in [0.05, 0.1) is 10.6 Å². The van der Waals surface area contributed by atoms with E-state index in [1.807, 2.05) is 20.8 Å². The molecule has 2 amide bonds. The number of anilines is 1. The molecule has 0 heterocycles. The Morgan fingerprint density at radius 3 is 2.08 bits per heavy atom. The molecule has 3 aromatic rings. The zero-order chi connectivity index (χ0) is 29.6. The van der Waals surface area contributed by atoms with Crippen LogP contribution < -0.4 is 9.62 Å². The highest BCUT2D eigenvalue weighted by Gasteiger charge is 2.34. The molecule has 0 spiro atoms. The third-order valence-electron chi connectivity index (χ3n) is 6.19. The van der Waals surface area contributed by atoms with Crippen LogP contribution in [0.4, 0.5) is 5.69 Å². The molecule has 3 aromatic carbocycles. The summed E-state index contributed by atoms with van der Waals surface area (Å²) in [6, 6.07) is 16.4. The lowest BCUT2D eigenvalue weighted by Gasteiger charge is -2.34. The molecule has 0 bridgehead atoms. The number of nitrogens with one attached hydrogen (secondary N) is 1. The van der Waals surface area contributed by atoms with Crippen molar-refractivity contribution in [3.8, 4) is 0 Å². The highest BCUT2D eigenvalue weighted by Crippen LogP contribution is 2.29. The maximum absolute atomic E-state index is 14.1. The molecule has 1 N–H and O–H groups in total. The third-order valence-corrected chi connectivity index (χ3v) is 8.92. The SMILES string of the molecule is CC[C@@H](C(=O)NC(C)C)N(Cc1c(Cl)cccc1Cl)C(=O)CN(c1cccc(Cl)c1)S(=O)(=O)c1ccc(C)cc1. The molecule has 0 saturated heterocycles. The smallest absolute Gasteiger partial charge is 0.264 e. The summed E-state index contributed by atoms with van der Waals surface area (Å²) in [6.07, 6.45) is 0.272. The van der Waals surface area contributed by atoms with Gasteiger partial charge >= 0.3 is 0 Å². The van der Waals surface area contributed by atoms with Crippen molar-refractivity contribution >= 4 is 62.3 Å². The second-order valence-electron chi connectivity index (χ2n) is 9.61. The standard InChI is InChI=1S/C29H32Cl3N3O4S/c1-5-27(29(37)33-19(2)3)34(17-24-25(31)10-7-11-26(24)32)28(36)18-35(22-9-6-8-21(30)16-22)40(38,39)23-14-12-20(4)13-15-23/h6-16,19,27H,5,17-18H2,1-4H3,(H,33,37)/t27-/m0/s1. The van der Waals surface area contributed by atoms with Crippen LogP contribution >= 0.6 is 34.8 Å². The van der Waals surface area contributed by atoms with Crippen LogP contribution in [-0.4, -0.2) is 43.8 Å². The fourth-order valence-electron chi connectivity index (χ4n) is 4.15. The first-order valence-electron chi connectivity index (χ1n) is 12.7. The van der Waals surface area contributed by atoms with Gasteiger partial charge in [0.25, 0.3) is 10.0 Å². The molecule has 0 aliphatic heterocycles. The normalized spacial score (nSPS) is 12.2. The van der Waals surface area contributed by atoms with Crippen molar-refractivity contribution in [3.63, 3.8) is 0 Å². The van der Waals surface area contributed by atoms with E-state index in [-0.39, 0.29) is 35.5 Å². The van der Waals surface area contributed by atoms with E-state index in [1.165, 1.54) is 23.1 Å². The molecular formula is C29H32Cl3N3O4S. The van der Waals surface area contributed by atoms with Gasteiger partial charge in [0.15, 0.2) is 0 Å². The molecule has 0 radical (unpaired) electrons. The fraction of sp³-hybridized carbons (Fsp3) is 0.310. The molecule has 40 heavy (non-hydrogen) atoms. The van der Waals surface area contributed by atoms with Gasteiger partial charge in [0, 0.05) is 33.2 Å². The van der Waals surface area contributed by atoms with Crippen molar-refractivity contribution < 1.29 is 18.0 Å². The van der Waals surface area contributed by atoms with Gasteiger partial charge in [-0.3, -0.25) is 13.9 Å². The maximum Gasteiger partial charge on any atom is 0.264 e. The Bertz CT molecular complexity index is 1440. The van der Waals surface area contributed by atoms with Gasteiger partial charge in [-0.05, 0) is 69.7 Å². The van der Waals surface area contributed by atoms with Crippen LogP contribution in [0.25, 0.3) is 0 Å². The van der Waals surface area contributed by atoms with Crippen LogP contribution in [0, 0.1) is 6.92 Å². The van der Waals surface area contributed by atoms with Crippen molar-refractivity contribution in [2.45, 2.75) is 57.6 Å². The van der Waals surface area contributed by atoms with Crippen molar-refractivity contribution in [2.75, 3.05) is 10.8 Å². The van der Waals surface area contributed by atoms with E-state index in [4.69, 9.17) is 34.8 Å². The molecule has 0 fully saturated rings. The van der Waals surface area contributed by atoms with Crippen molar-refractivity contribution in [3.05, 3.63) is 92.9 Å². The Kier molecular flexibility index (Phi) is 10.9. The van der Waals surface area contributed by atoms with E-state index in [1.54, 1.807) is 55.5 Å². The average molecular weight is 625 g/mol. The molecule has 0 aliphatic rings. The molecule has 11 heteroatoms. The second-order valence-corrected chi connectivity index (χ2v) is 12.7. The molecule has 0 saturated carbocycles. The van der Waals surface area contributed by atoms with Crippen molar-refractivity contribution in [1.82, 2.24) is 10.2 Å². The molecule has 0 aromatic heterocycles. The predicted molar refractivity (Wildman–Crippen MR) is 162 cm³/mol. The van der Waals surface area contributed by atoms with Gasteiger partial charge in [0.2, 0.25) is 11.8 Å². The number of amides is 2. The minimum atomic E-state index is -4.20. The quantitative estimate of drug-likeness (QED) is 0.265. The minimum Gasteiger partial charge on any atom is -0.352 e. The zero-order valence-corrected chi connectivity index (χ0v) is 25.8. The van der Waals surface area contributed by atoms with Crippen LogP contribution in [0.1, 0.15) is 38.3 Å². The van der Waals surface area contributed by atoms with Gasteiger partial charge < -0.3 is 10.2 Å². The molecule has 1 atom stereocenters. The number of hydrogen-bond donors (Lipinski definition) is 1. The van der Waals surface area contributed by atoms with Crippen molar-refractivity contribution in [2.24, 2.45) is 0 Å². The summed E-state index contributed by atoms with van der Waals surface area (Å²) in [5.41, 5.74) is 1.54. The minimum absolute atomic E-state index is 0.0103. The molecule has 3 rings (SSSR count). The summed E-state index contributed by atoms with van der Waals surface area (Å²) in [4.78, 5) is 28.6. The Morgan fingerprint density at radius 2 is 1.52 bits per heavy atom. The topological polar surface area (TPSA) is 86.8 Å². The number of nitrogens with zero attached hydrogens (tertiary/aromatic N) is 2. The van der Waals surface area contributed by atoms with E-state index >= 15 is 0 Å². The third kappa shape index (κ3) is 7.69. The highest BCUT2D eigenvalue weighted by molar-refractivity contribution is 7.92. The molecule has 0 unspecified atom stereocenters. The second kappa shape index (κ2) is 13.7. The molecule has 7 nitrogen and oxygen atoms in total. The highest BCUT2D eigenvalue weighted by atomic mass is 35.5. The molecule has 0 aliphatic carbocycles. The summed E-state index contributed by atoms with van der Waals surface area (Å²) in [6.45, 7) is 6.56. The van der Waals surface area contributed by atoms with Crippen LogP contribution in [0.3, 0.4) is 0 Å². The molecular weight excluding hydrogens is 593 g/mol. The zero-order valence-electron chi connectivity index (χ0n) is 22.7. The number of hydrogen-bond acceptors (Lipinski definition) is 4. The maximum atomic E-state index is 14.1. The summed E-state index contributed by atoms with van der Waals surface area (Å²) < 4.78 is 28.8. The van der Waals surface area contributed by atoms with Gasteiger partial charge in [-0.15, -0.1) is 0 Å². The lowest BCUT2D eigenvalue weighted by Crippen LogP contribution is -2.53. The Labute approximate surface area is 251 Å². The monoisotopic (exact) mass is 623 g/mol. The molecule has 214 valence electrons. The van der Waals surface area contributed by atoms with E-state index in [2.05, 4.69) is 5.32 Å². The van der Waals surface area contributed by atoms with Gasteiger partial charge in [0.1, 0.15) is 12.6 Å². The van der Waals surface area contributed by atoms with Crippen LogP contribution in [0.15, 0.2) is 71.6 Å². The van der Waals surface area contributed by atoms with Gasteiger partial charge in [-0.1, -0.05) is 71.6 Å². The van der Waals surface area contributed by atoms with Crippen LogP contribution in [-0.2, 0) is 26.2 Å². The van der Waals surface area contributed by atoms with Gasteiger partial charge in [-0.25, -0.2) is 8.42 Å². The van der Waals surface area contributed by atoms with Gasteiger partial charge in [-0.2, -0.15) is 0 Å². The lowest BCUT2D eigenvalue weighted by molar-refractivity contribution is -0.140. The number of aryl methyl sites for hydroxylation is 1. The summed E-state index contributed by atoms with van der Waals surface area (Å²) in [7, 11) is -4.20. The van der Waals surface area contributed by atoms with Crippen LogP contribution in [0.2, 0.25) is 15.1 Å². The number of carbonyl (C=O) groups excluding carboxylic acids is 2. The first-order chi connectivity index (χ1) is 18.8. The number of benzene rings is 3. The number of carbonyl (C=O) groups is 2. The van der Waals surface area contributed by atoms with E-state index < -0.39 is 28.5 Å². The first kappa shape index (κ1) is 31.7. The number of rotatable bonds is 11. The predicted octanol–water partition coefficient (Wildman–Crippen LogP) is 6.48. The average Bonchev–Trinajstić information content (AvgIpc) is 2.88.